The zero-order valence-corrected chi connectivity index (χ0v) is 8.49. The summed E-state index contributed by atoms with van der Waals surface area (Å²) in [6, 6.07) is 0. The fourth-order valence-electron chi connectivity index (χ4n) is 0.919. The SMILES string of the molecule is C=CC[N+](C)(C(=O)OCC)C(C)O. The first-order chi connectivity index (χ1) is 5.99. The Morgan fingerprint density at radius 2 is 2.31 bits per heavy atom. The molecule has 0 aromatic heterocycles. The van der Waals surface area contributed by atoms with Crippen LogP contribution in [0.25, 0.3) is 0 Å². The third-order valence-corrected chi connectivity index (χ3v) is 2.02. The zero-order chi connectivity index (χ0) is 10.5. The van der Waals surface area contributed by atoms with E-state index >= 15 is 0 Å². The molecule has 0 saturated heterocycles. The fourth-order valence-corrected chi connectivity index (χ4v) is 0.919. The van der Waals surface area contributed by atoms with Gasteiger partial charge in [-0.3, -0.25) is 0 Å². The van der Waals surface area contributed by atoms with E-state index in [0.717, 1.165) is 0 Å². The van der Waals surface area contributed by atoms with Crippen molar-refractivity contribution in [1.29, 1.82) is 0 Å². The van der Waals surface area contributed by atoms with Crippen LogP contribution in [0.4, 0.5) is 4.79 Å². The molecule has 0 fully saturated rings. The Labute approximate surface area is 79.0 Å². The lowest BCUT2D eigenvalue weighted by atomic mass is 10.4. The van der Waals surface area contributed by atoms with E-state index < -0.39 is 12.3 Å². The van der Waals surface area contributed by atoms with Crippen LogP contribution in [0.5, 0.6) is 0 Å². The highest BCUT2D eigenvalue weighted by atomic mass is 16.6. The van der Waals surface area contributed by atoms with Crippen molar-refractivity contribution in [2.75, 3.05) is 20.2 Å². The third-order valence-electron chi connectivity index (χ3n) is 2.02. The predicted molar refractivity (Wildman–Crippen MR) is 50.0 cm³/mol. The van der Waals surface area contributed by atoms with Gasteiger partial charge in [-0.15, -0.1) is 0 Å². The van der Waals surface area contributed by atoms with Crippen LogP contribution in [-0.2, 0) is 4.74 Å². The number of amides is 1. The maximum absolute atomic E-state index is 11.4. The third kappa shape index (κ3) is 2.82. The molecule has 0 aromatic rings. The van der Waals surface area contributed by atoms with Gasteiger partial charge in [0.25, 0.3) is 0 Å². The molecule has 0 spiro atoms. The van der Waals surface area contributed by atoms with Crippen LogP contribution >= 0.6 is 0 Å². The van der Waals surface area contributed by atoms with Crippen LogP contribution in [0, 0.1) is 0 Å². The molecule has 4 heteroatoms. The van der Waals surface area contributed by atoms with E-state index in [1.165, 1.54) is 0 Å². The highest BCUT2D eigenvalue weighted by Crippen LogP contribution is 2.11. The lowest BCUT2D eigenvalue weighted by molar-refractivity contribution is -0.879. The van der Waals surface area contributed by atoms with E-state index in [4.69, 9.17) is 4.74 Å². The van der Waals surface area contributed by atoms with Gasteiger partial charge in [-0.25, -0.2) is 0 Å². The maximum atomic E-state index is 11.4. The summed E-state index contributed by atoms with van der Waals surface area (Å²) < 4.78 is 4.66. The van der Waals surface area contributed by atoms with Gasteiger partial charge in [0.15, 0.2) is 6.23 Å². The van der Waals surface area contributed by atoms with Crippen molar-refractivity contribution in [2.24, 2.45) is 0 Å². The van der Waals surface area contributed by atoms with Gasteiger partial charge in [0.2, 0.25) is 0 Å². The lowest BCUT2D eigenvalue weighted by Gasteiger charge is -2.31. The molecule has 1 N–H and O–H groups in total. The number of carbonyl (C=O) groups excluding carboxylic acids is 1. The first kappa shape index (κ1) is 12.1. The number of likely N-dealkylation sites (N-methyl/N-ethyl adjacent to an activating group) is 1. The van der Waals surface area contributed by atoms with Gasteiger partial charge in [-0.05, 0) is 13.0 Å². The number of ether oxygens (including phenoxy) is 1. The molecule has 0 rings (SSSR count). The quantitative estimate of drug-likeness (QED) is 0.408. The Morgan fingerprint density at radius 1 is 1.77 bits per heavy atom. The topological polar surface area (TPSA) is 46.5 Å². The number of carbonyl (C=O) groups is 1. The molecule has 0 bridgehead atoms. The van der Waals surface area contributed by atoms with Crippen molar-refractivity contribution in [3.63, 3.8) is 0 Å². The fraction of sp³-hybridized carbons (Fsp3) is 0.667. The Hall–Kier alpha value is -0.870. The second-order valence-corrected chi connectivity index (χ2v) is 3.07. The average molecular weight is 188 g/mol. The van der Waals surface area contributed by atoms with Crippen LogP contribution in [0.15, 0.2) is 12.7 Å². The molecule has 2 unspecified atom stereocenters. The summed E-state index contributed by atoms with van der Waals surface area (Å²) in [5.74, 6) is 0. The zero-order valence-electron chi connectivity index (χ0n) is 8.49. The molecular weight excluding hydrogens is 170 g/mol. The average Bonchev–Trinajstić information content (AvgIpc) is 2.04. The van der Waals surface area contributed by atoms with Crippen molar-refractivity contribution in [2.45, 2.75) is 20.1 Å². The highest BCUT2D eigenvalue weighted by molar-refractivity contribution is 5.59. The molecule has 0 aliphatic heterocycles. The van der Waals surface area contributed by atoms with Crippen LogP contribution in [0.1, 0.15) is 13.8 Å². The normalized spacial score (nSPS) is 17.2. The molecule has 13 heavy (non-hydrogen) atoms. The molecule has 1 amide bonds. The van der Waals surface area contributed by atoms with E-state index in [9.17, 15) is 9.90 Å². The van der Waals surface area contributed by atoms with Crippen LogP contribution in [0.2, 0.25) is 0 Å². The minimum atomic E-state index is -0.794. The van der Waals surface area contributed by atoms with Crippen molar-refractivity contribution in [3.8, 4) is 0 Å². The van der Waals surface area contributed by atoms with E-state index in [1.807, 2.05) is 0 Å². The van der Waals surface area contributed by atoms with Gasteiger partial charge in [0.1, 0.15) is 6.54 Å². The number of nitrogens with zero attached hydrogens (tertiary/aromatic N) is 1. The Morgan fingerprint density at radius 3 is 2.62 bits per heavy atom. The summed E-state index contributed by atoms with van der Waals surface area (Å²) in [5, 5.41) is 9.42. The number of rotatable bonds is 4. The summed E-state index contributed by atoms with van der Waals surface area (Å²) in [6.07, 6.45) is 0.360. The van der Waals surface area contributed by atoms with Gasteiger partial charge < -0.3 is 9.84 Å². The largest absolute Gasteiger partial charge is 0.518 e. The lowest BCUT2D eigenvalue weighted by Crippen LogP contribution is -2.55. The second kappa shape index (κ2) is 4.99. The minimum absolute atomic E-state index is 0.183. The van der Waals surface area contributed by atoms with Gasteiger partial charge in [-0.2, -0.15) is 9.28 Å². The summed E-state index contributed by atoms with van der Waals surface area (Å²) >= 11 is 0. The van der Waals surface area contributed by atoms with Crippen molar-refractivity contribution in [3.05, 3.63) is 12.7 Å². The van der Waals surface area contributed by atoms with Crippen molar-refractivity contribution >= 4 is 6.09 Å². The number of aliphatic hydroxyl groups excluding tert-OH is 1. The Balaban J connectivity index is 4.56. The summed E-state index contributed by atoms with van der Waals surface area (Å²) in [5.41, 5.74) is 0. The summed E-state index contributed by atoms with van der Waals surface area (Å²) in [6.45, 7) is 7.50. The first-order valence-electron chi connectivity index (χ1n) is 4.30. The maximum Gasteiger partial charge on any atom is 0.518 e. The van der Waals surface area contributed by atoms with E-state index in [2.05, 4.69) is 6.58 Å². The van der Waals surface area contributed by atoms with Crippen LogP contribution in [0.3, 0.4) is 0 Å². The number of hydrogen-bond acceptors (Lipinski definition) is 3. The molecule has 0 aromatic carbocycles. The molecule has 4 nitrogen and oxygen atoms in total. The molecular formula is C9H18NO3+. The molecule has 2 atom stereocenters. The van der Waals surface area contributed by atoms with Gasteiger partial charge in [-0.1, -0.05) is 6.58 Å². The standard InChI is InChI=1S/C9H18NO3/c1-5-7-10(4,8(3)11)9(12)13-6-2/h5,8,11H,1,6-7H2,2-4H3/q+1. The molecule has 0 radical (unpaired) electrons. The van der Waals surface area contributed by atoms with Gasteiger partial charge in [0.05, 0.1) is 13.7 Å². The summed E-state index contributed by atoms with van der Waals surface area (Å²) in [7, 11) is 1.62. The predicted octanol–water partition coefficient (Wildman–Crippen LogP) is 1.11. The molecule has 0 saturated carbocycles. The van der Waals surface area contributed by atoms with Crippen molar-refractivity contribution < 1.29 is 19.1 Å². The van der Waals surface area contributed by atoms with Gasteiger partial charge in [0, 0.05) is 6.92 Å². The molecule has 76 valence electrons. The monoisotopic (exact) mass is 188 g/mol. The number of hydrogen-bond donors (Lipinski definition) is 1. The van der Waals surface area contributed by atoms with E-state index in [-0.39, 0.29) is 4.48 Å². The smallest absolute Gasteiger partial charge is 0.420 e. The number of quaternary nitrogens is 1. The van der Waals surface area contributed by atoms with Crippen LogP contribution in [-0.4, -0.2) is 42.1 Å². The van der Waals surface area contributed by atoms with E-state index in [0.29, 0.717) is 13.2 Å². The van der Waals surface area contributed by atoms with Gasteiger partial charge >= 0.3 is 6.09 Å². The second-order valence-electron chi connectivity index (χ2n) is 3.07. The summed E-state index contributed by atoms with van der Waals surface area (Å²) in [4.78, 5) is 11.4. The molecule has 0 heterocycles. The highest BCUT2D eigenvalue weighted by Gasteiger charge is 2.37. The first-order valence-corrected chi connectivity index (χ1v) is 4.30. The Kier molecular flexibility index (Phi) is 4.66. The number of aliphatic hydroxyl groups is 1. The molecule has 0 aliphatic carbocycles. The Bertz CT molecular complexity index is 191. The molecule has 0 aliphatic rings. The van der Waals surface area contributed by atoms with E-state index in [1.54, 1.807) is 27.0 Å². The van der Waals surface area contributed by atoms with Crippen molar-refractivity contribution in [1.82, 2.24) is 0 Å². The van der Waals surface area contributed by atoms with Crippen LogP contribution < -0.4 is 0 Å². The minimum Gasteiger partial charge on any atom is -0.420 e.